The molecule has 1 heterocycles. The van der Waals surface area contributed by atoms with Crippen molar-refractivity contribution in [2.45, 2.75) is 13.5 Å². The van der Waals surface area contributed by atoms with Crippen molar-refractivity contribution in [2.24, 2.45) is 4.99 Å². The van der Waals surface area contributed by atoms with Crippen LogP contribution in [0.3, 0.4) is 0 Å². The van der Waals surface area contributed by atoms with Crippen LogP contribution in [0.2, 0.25) is 0 Å². The highest BCUT2D eigenvalue weighted by molar-refractivity contribution is 8.18. The molecule has 1 aliphatic heterocycles. The number of nitrogens with one attached hydrogen (secondary N) is 2. The predicted molar refractivity (Wildman–Crippen MR) is 142 cm³/mol. The van der Waals surface area contributed by atoms with E-state index in [2.05, 4.69) is 16.7 Å². The first-order chi connectivity index (χ1) is 17.1. The lowest BCUT2D eigenvalue weighted by molar-refractivity contribution is -0.122. The van der Waals surface area contributed by atoms with Crippen LogP contribution in [-0.2, 0) is 11.3 Å². The molecule has 0 spiro atoms. The average molecular weight is 484 g/mol. The molecule has 1 fully saturated rings. The van der Waals surface area contributed by atoms with Gasteiger partial charge in [-0.3, -0.25) is 9.69 Å². The Labute approximate surface area is 209 Å². The summed E-state index contributed by atoms with van der Waals surface area (Å²) < 4.78 is 5.20. The van der Waals surface area contributed by atoms with Crippen molar-refractivity contribution < 1.29 is 9.53 Å². The number of methoxy groups -OCH3 is 1. The first-order valence-electron chi connectivity index (χ1n) is 11.1. The molecule has 3 aromatic rings. The highest BCUT2D eigenvalue weighted by Gasteiger charge is 2.33. The van der Waals surface area contributed by atoms with E-state index in [1.165, 1.54) is 11.8 Å². The summed E-state index contributed by atoms with van der Waals surface area (Å²) in [6, 6.07) is 24.7. The van der Waals surface area contributed by atoms with E-state index in [0.29, 0.717) is 34.4 Å². The number of nitrogens with zero attached hydrogens (tertiary/aromatic N) is 3. The zero-order valence-corrected chi connectivity index (χ0v) is 20.3. The van der Waals surface area contributed by atoms with Gasteiger partial charge in [0, 0.05) is 18.4 Å². The van der Waals surface area contributed by atoms with Crippen LogP contribution in [0.25, 0.3) is 0 Å². The minimum atomic E-state index is -0.139. The van der Waals surface area contributed by atoms with Gasteiger partial charge in [0.2, 0.25) is 0 Å². The maximum Gasteiger partial charge on any atom is 0.268 e. The monoisotopic (exact) mass is 483 g/mol. The number of ether oxygens (including phenoxy) is 1. The Balaban J connectivity index is 1.68. The van der Waals surface area contributed by atoms with Crippen molar-refractivity contribution in [1.82, 2.24) is 4.90 Å². The summed E-state index contributed by atoms with van der Waals surface area (Å²) in [5.41, 5.74) is 3.76. The average Bonchev–Trinajstić information content (AvgIpc) is 3.18. The van der Waals surface area contributed by atoms with Crippen LogP contribution in [0.1, 0.15) is 18.1 Å². The molecule has 4 rings (SSSR count). The van der Waals surface area contributed by atoms with Crippen LogP contribution in [0.15, 0.2) is 88.9 Å². The third-order valence-corrected chi connectivity index (χ3v) is 6.25. The standard InChI is InChI=1S/C27H25N5O2S/c1-3-29-23-14-9-20(16-28)15-24(23)31-27-32(18-19-7-5-4-6-8-19)26(33)25(35-27)17-30-21-10-12-22(34-2)13-11-21/h4-15,17,29-30H,3,18H2,1-2H3/b25-17+,31-27+. The largest absolute Gasteiger partial charge is 0.497 e. The maximum atomic E-state index is 13.4. The number of aliphatic imine (C=N–C) groups is 1. The first kappa shape index (κ1) is 23.9. The fourth-order valence-electron chi connectivity index (χ4n) is 3.47. The minimum absolute atomic E-state index is 0.139. The summed E-state index contributed by atoms with van der Waals surface area (Å²) in [6.45, 7) is 3.09. The number of amidine groups is 1. The number of rotatable bonds is 8. The molecule has 2 N–H and O–H groups in total. The van der Waals surface area contributed by atoms with E-state index in [1.54, 1.807) is 30.3 Å². The number of hydrogen-bond donors (Lipinski definition) is 2. The highest BCUT2D eigenvalue weighted by Crippen LogP contribution is 2.36. The van der Waals surface area contributed by atoms with Crippen molar-refractivity contribution in [1.29, 1.82) is 5.26 Å². The Morgan fingerprint density at radius 1 is 1.11 bits per heavy atom. The number of carbonyl (C=O) groups excluding carboxylic acids is 1. The number of amides is 1. The summed E-state index contributed by atoms with van der Waals surface area (Å²) in [6.07, 6.45) is 1.70. The van der Waals surface area contributed by atoms with Crippen molar-refractivity contribution in [3.05, 3.63) is 95.0 Å². The minimum Gasteiger partial charge on any atom is -0.497 e. The van der Waals surface area contributed by atoms with Crippen LogP contribution in [0.4, 0.5) is 17.1 Å². The van der Waals surface area contributed by atoms with E-state index < -0.39 is 0 Å². The van der Waals surface area contributed by atoms with Crippen molar-refractivity contribution in [2.75, 3.05) is 24.3 Å². The number of benzene rings is 3. The second-order valence-corrected chi connectivity index (χ2v) is 8.64. The van der Waals surface area contributed by atoms with E-state index >= 15 is 0 Å². The van der Waals surface area contributed by atoms with E-state index in [1.807, 2.05) is 67.6 Å². The Morgan fingerprint density at radius 3 is 2.57 bits per heavy atom. The molecule has 0 radical (unpaired) electrons. The third-order valence-electron chi connectivity index (χ3n) is 5.24. The van der Waals surface area contributed by atoms with Gasteiger partial charge in [-0.15, -0.1) is 0 Å². The van der Waals surface area contributed by atoms with Gasteiger partial charge in [-0.2, -0.15) is 5.26 Å². The van der Waals surface area contributed by atoms with Gasteiger partial charge in [0.15, 0.2) is 5.17 Å². The number of hydrogen-bond acceptors (Lipinski definition) is 7. The fraction of sp³-hybridized carbons (Fsp3) is 0.148. The SMILES string of the molecule is CCNc1ccc(C#N)cc1/N=C1/S/C(=C/Nc2ccc(OC)cc2)C(=O)N1Cc1ccccc1. The van der Waals surface area contributed by atoms with Gasteiger partial charge in [-0.1, -0.05) is 30.3 Å². The molecule has 8 heteroatoms. The summed E-state index contributed by atoms with van der Waals surface area (Å²) >= 11 is 1.30. The fourth-order valence-corrected chi connectivity index (χ4v) is 4.38. The molecule has 0 saturated carbocycles. The number of thioether (sulfide) groups is 1. The molecule has 0 atom stereocenters. The van der Waals surface area contributed by atoms with E-state index in [-0.39, 0.29) is 5.91 Å². The van der Waals surface area contributed by atoms with Crippen LogP contribution in [-0.4, -0.2) is 29.6 Å². The molecule has 0 aromatic heterocycles. The van der Waals surface area contributed by atoms with Crippen LogP contribution < -0.4 is 15.4 Å². The lowest BCUT2D eigenvalue weighted by Crippen LogP contribution is -2.28. The summed E-state index contributed by atoms with van der Waals surface area (Å²) in [7, 11) is 1.62. The van der Waals surface area contributed by atoms with Crippen molar-refractivity contribution in [3.8, 4) is 11.8 Å². The lowest BCUT2D eigenvalue weighted by Gasteiger charge is -2.16. The number of carbonyl (C=O) groups is 1. The first-order valence-corrected chi connectivity index (χ1v) is 11.9. The second-order valence-electron chi connectivity index (χ2n) is 7.63. The van der Waals surface area contributed by atoms with Crippen molar-refractivity contribution in [3.63, 3.8) is 0 Å². The lowest BCUT2D eigenvalue weighted by atomic mass is 10.2. The van der Waals surface area contributed by atoms with Crippen LogP contribution in [0, 0.1) is 11.3 Å². The van der Waals surface area contributed by atoms with Gasteiger partial charge >= 0.3 is 0 Å². The maximum absolute atomic E-state index is 13.4. The molecule has 0 bridgehead atoms. The van der Waals surface area contributed by atoms with E-state index in [9.17, 15) is 10.1 Å². The van der Waals surface area contributed by atoms with E-state index in [0.717, 1.165) is 22.7 Å². The van der Waals surface area contributed by atoms with Crippen LogP contribution in [0.5, 0.6) is 5.75 Å². The molecule has 35 heavy (non-hydrogen) atoms. The summed E-state index contributed by atoms with van der Waals surface area (Å²) in [5.74, 6) is 0.620. The number of anilines is 2. The number of nitriles is 1. The second kappa shape index (κ2) is 11.3. The van der Waals surface area contributed by atoms with E-state index in [4.69, 9.17) is 9.73 Å². The molecule has 7 nitrogen and oxygen atoms in total. The quantitative estimate of drug-likeness (QED) is 0.399. The zero-order chi connectivity index (χ0) is 24.6. The van der Waals surface area contributed by atoms with Crippen LogP contribution >= 0.6 is 11.8 Å². The van der Waals surface area contributed by atoms with Gasteiger partial charge in [0.05, 0.1) is 41.6 Å². The zero-order valence-electron chi connectivity index (χ0n) is 19.5. The van der Waals surface area contributed by atoms with Gasteiger partial charge < -0.3 is 15.4 Å². The molecule has 0 aliphatic carbocycles. The van der Waals surface area contributed by atoms with Gasteiger partial charge in [-0.25, -0.2) is 4.99 Å². The Morgan fingerprint density at radius 2 is 1.89 bits per heavy atom. The topological polar surface area (TPSA) is 89.7 Å². The third kappa shape index (κ3) is 5.83. The highest BCUT2D eigenvalue weighted by atomic mass is 32.2. The smallest absolute Gasteiger partial charge is 0.268 e. The summed E-state index contributed by atoms with van der Waals surface area (Å²) in [4.78, 5) is 20.4. The predicted octanol–water partition coefficient (Wildman–Crippen LogP) is 5.72. The van der Waals surface area contributed by atoms with Gasteiger partial charge in [-0.05, 0) is 66.7 Å². The Hall–Kier alpha value is -4.22. The molecular formula is C27H25N5O2S. The molecule has 176 valence electrons. The molecule has 1 amide bonds. The molecule has 1 aliphatic rings. The molecule has 3 aromatic carbocycles. The van der Waals surface area contributed by atoms with Crippen molar-refractivity contribution >= 4 is 39.9 Å². The molecule has 1 saturated heterocycles. The normalized spacial score (nSPS) is 15.3. The molecule has 0 unspecified atom stereocenters. The Bertz CT molecular complexity index is 1300. The Kier molecular flexibility index (Phi) is 7.70. The van der Waals surface area contributed by atoms with Gasteiger partial charge in [0.25, 0.3) is 5.91 Å². The molecular weight excluding hydrogens is 458 g/mol. The summed E-state index contributed by atoms with van der Waals surface area (Å²) in [5, 5.41) is 16.4. The van der Waals surface area contributed by atoms with Gasteiger partial charge in [0.1, 0.15) is 5.75 Å².